The van der Waals surface area contributed by atoms with Gasteiger partial charge in [0.1, 0.15) is 11.2 Å². The van der Waals surface area contributed by atoms with Crippen LogP contribution >= 0.6 is 11.3 Å². The van der Waals surface area contributed by atoms with Crippen molar-refractivity contribution in [3.63, 3.8) is 0 Å². The minimum Gasteiger partial charge on any atom is -0.455 e. The first kappa shape index (κ1) is 79.6. The first-order valence-electron chi connectivity index (χ1n) is 48.8. The van der Waals surface area contributed by atoms with Crippen LogP contribution in [0.1, 0.15) is 0 Å². The van der Waals surface area contributed by atoms with Crippen molar-refractivity contribution in [2.24, 2.45) is 0 Å². The minimum atomic E-state index is 0.915. The van der Waals surface area contributed by atoms with Gasteiger partial charge in [-0.1, -0.05) is 376 Å². The Balaban J connectivity index is 0.0000000998. The average Bonchev–Trinajstić information content (AvgIpc) is 1.54. The van der Waals surface area contributed by atoms with Gasteiger partial charge in [0, 0.05) is 151 Å². The topological polar surface area (TPSA) is 42.7 Å². The summed E-state index contributed by atoms with van der Waals surface area (Å²) < 4.78 is 23.9. The van der Waals surface area contributed by atoms with Crippen molar-refractivity contribution >= 4 is 238 Å². The standard InChI is InChI=1S/C46H28N2O.C46H28N2S.C42H26N2/c2*1-2-12-31(13-3-1)48-41-28-27-37-35-15-6-8-19-40(35)47(45(37)43(41)39-26-23-29-11-4-5-14-33(29)44(39)48)32-24-21-30(22-25-32)34-17-10-18-38-36-16-7-9-20-42(36)49-46(34)38;1-2-12-30(13-3-1)43-39-25-24-36-35-16-8-9-17-38(35)44(31-21-23-33-29(26-31)19-18-27-10-4-6-14-32(27)33)42(36)40(39)37-22-20-28-11-5-7-15-34(28)41(37)43/h2*1-28H;1-26H. The van der Waals surface area contributed by atoms with E-state index in [2.05, 4.69) is 513 Å². The van der Waals surface area contributed by atoms with Crippen LogP contribution < -0.4 is 0 Å². The molecule has 142 heavy (non-hydrogen) atoms. The molecule has 24 aromatic carbocycles. The van der Waals surface area contributed by atoms with Crippen LogP contribution in [0, 0.1) is 0 Å². The zero-order valence-corrected chi connectivity index (χ0v) is 77.7. The predicted molar refractivity (Wildman–Crippen MR) is 604 cm³/mol. The van der Waals surface area contributed by atoms with Crippen LogP contribution in [-0.4, -0.2) is 27.4 Å². The second-order valence-corrected chi connectivity index (χ2v) is 38.6. The molecular formula is C134H82N6OS. The average molecular weight is 1820 g/mol. The lowest BCUT2D eigenvalue weighted by molar-refractivity contribution is 0.670. The van der Waals surface area contributed by atoms with Crippen molar-refractivity contribution < 1.29 is 4.42 Å². The normalized spacial score (nSPS) is 12.1. The molecule has 32 rings (SSSR count). The lowest BCUT2D eigenvalue weighted by atomic mass is 10.0. The van der Waals surface area contributed by atoms with Gasteiger partial charge in [0.2, 0.25) is 0 Å². The van der Waals surface area contributed by atoms with E-state index in [9.17, 15) is 0 Å². The van der Waals surface area contributed by atoms with E-state index in [-0.39, 0.29) is 0 Å². The molecule has 7 nitrogen and oxygen atoms in total. The summed E-state index contributed by atoms with van der Waals surface area (Å²) in [6, 6.07) is 181. The van der Waals surface area contributed by atoms with E-state index >= 15 is 0 Å². The molecule has 0 N–H and O–H groups in total. The van der Waals surface area contributed by atoms with Gasteiger partial charge in [-0.2, -0.15) is 0 Å². The van der Waals surface area contributed by atoms with Crippen molar-refractivity contribution in [2.45, 2.75) is 0 Å². The first-order valence-corrected chi connectivity index (χ1v) is 49.6. The highest BCUT2D eigenvalue weighted by atomic mass is 32.1. The molecule has 0 aliphatic rings. The van der Waals surface area contributed by atoms with Crippen LogP contribution in [0.4, 0.5) is 0 Å². The molecule has 8 aromatic heterocycles. The van der Waals surface area contributed by atoms with Gasteiger partial charge in [-0.05, 0) is 176 Å². The Morgan fingerprint density at radius 3 is 0.944 bits per heavy atom. The maximum Gasteiger partial charge on any atom is 0.143 e. The number of rotatable bonds is 8. The van der Waals surface area contributed by atoms with E-state index in [4.69, 9.17) is 4.42 Å². The van der Waals surface area contributed by atoms with Gasteiger partial charge in [-0.15, -0.1) is 11.3 Å². The largest absolute Gasteiger partial charge is 0.455 e. The Kier molecular flexibility index (Phi) is 17.6. The summed E-state index contributed by atoms with van der Waals surface area (Å²) in [5, 5.41) is 32.7. The van der Waals surface area contributed by atoms with Crippen LogP contribution in [0.2, 0.25) is 0 Å². The Morgan fingerprint density at radius 2 is 0.472 bits per heavy atom. The molecule has 0 amide bonds. The molecule has 0 radical (unpaired) electrons. The third kappa shape index (κ3) is 11.9. The first-order chi connectivity index (χ1) is 70.5. The van der Waals surface area contributed by atoms with Crippen molar-refractivity contribution in [3.05, 3.63) is 497 Å². The number of thiophene rings is 1. The van der Waals surface area contributed by atoms with Gasteiger partial charge in [0.25, 0.3) is 0 Å². The molecule has 0 atom stereocenters. The number of nitrogens with zero attached hydrogens (tertiary/aromatic N) is 6. The zero-order valence-electron chi connectivity index (χ0n) is 76.8. The predicted octanol–water partition coefficient (Wildman–Crippen LogP) is 37.0. The van der Waals surface area contributed by atoms with Gasteiger partial charge in [0.05, 0.1) is 66.2 Å². The van der Waals surface area contributed by atoms with Gasteiger partial charge >= 0.3 is 0 Å². The van der Waals surface area contributed by atoms with Gasteiger partial charge in [-0.25, -0.2) is 0 Å². The highest BCUT2D eigenvalue weighted by molar-refractivity contribution is 7.26. The maximum absolute atomic E-state index is 6.41. The Labute approximate surface area is 817 Å². The minimum absolute atomic E-state index is 0.915. The SMILES string of the molecule is c1ccc(-n2c3ccc4c5ccccc5n(-c5ccc(-c6cccc7c6oc6ccccc67)cc5)c4c3c3ccc4ccccc4c32)cc1.c1ccc(-n2c3ccc4c5ccccc5n(-c5ccc(-c6cccc7c6sc6ccccc67)cc5)c4c3c3ccc4ccccc4c32)cc1.c1ccc(-n2c3ccc4c5ccccc5n(-c5ccc6c(ccc7ccccc76)c5)c4c3c3ccc4ccccc4c32)cc1. The molecule has 8 heteroatoms. The van der Waals surface area contributed by atoms with E-state index < -0.39 is 0 Å². The fourth-order valence-corrected chi connectivity index (χ4v) is 25.2. The third-order valence-electron chi connectivity index (χ3n) is 30.1. The molecule has 8 heterocycles. The van der Waals surface area contributed by atoms with E-state index in [0.29, 0.717) is 0 Å². The fourth-order valence-electron chi connectivity index (χ4n) is 24.0. The Morgan fingerprint density at radius 1 is 0.162 bits per heavy atom. The van der Waals surface area contributed by atoms with Crippen molar-refractivity contribution in [1.82, 2.24) is 27.4 Å². The molecule has 0 bridgehead atoms. The molecule has 0 saturated carbocycles. The number of hydrogen-bond acceptors (Lipinski definition) is 2. The summed E-state index contributed by atoms with van der Waals surface area (Å²) in [6.07, 6.45) is 0. The summed E-state index contributed by atoms with van der Waals surface area (Å²) >= 11 is 1.88. The van der Waals surface area contributed by atoms with Crippen molar-refractivity contribution in [1.29, 1.82) is 0 Å². The molecule has 0 unspecified atom stereocenters. The number of benzene rings is 24. The second-order valence-electron chi connectivity index (χ2n) is 37.5. The highest BCUT2D eigenvalue weighted by Gasteiger charge is 2.29. The van der Waals surface area contributed by atoms with Crippen LogP contribution in [0.15, 0.2) is 502 Å². The van der Waals surface area contributed by atoms with Crippen LogP contribution in [-0.2, 0) is 0 Å². The molecule has 0 saturated heterocycles. The van der Waals surface area contributed by atoms with Crippen LogP contribution in [0.5, 0.6) is 0 Å². The second kappa shape index (κ2) is 31.5. The van der Waals surface area contributed by atoms with E-state index in [1.807, 2.05) is 23.5 Å². The molecule has 0 aliphatic carbocycles. The molecular weight excluding hydrogens is 1740 g/mol. The van der Waals surface area contributed by atoms with Crippen molar-refractivity contribution in [2.75, 3.05) is 0 Å². The third-order valence-corrected chi connectivity index (χ3v) is 31.3. The molecule has 0 aliphatic heterocycles. The molecule has 0 fully saturated rings. The van der Waals surface area contributed by atoms with Gasteiger partial charge < -0.3 is 31.8 Å². The number of para-hydroxylation sites is 8. The molecule has 0 spiro atoms. The zero-order chi connectivity index (χ0) is 92.9. The maximum atomic E-state index is 6.41. The quantitative estimate of drug-likeness (QED) is 0.140. The lowest BCUT2D eigenvalue weighted by Crippen LogP contribution is -1.95. The van der Waals surface area contributed by atoms with Crippen molar-refractivity contribution in [3.8, 4) is 56.4 Å². The lowest BCUT2D eigenvalue weighted by Gasteiger charge is -2.12. The number of fused-ring (bicyclic) bond motifs is 36. The summed E-state index contributed by atoms with van der Waals surface area (Å²) in [6.45, 7) is 0. The Bertz CT molecular complexity index is 10500. The van der Waals surface area contributed by atoms with Crippen LogP contribution in [0.25, 0.3) is 283 Å². The molecule has 32 aromatic rings. The monoisotopic (exact) mass is 1820 g/mol. The highest BCUT2D eigenvalue weighted by Crippen LogP contribution is 2.51. The summed E-state index contributed by atoms with van der Waals surface area (Å²) in [4.78, 5) is 0. The summed E-state index contributed by atoms with van der Waals surface area (Å²) in [5.74, 6) is 0. The van der Waals surface area contributed by atoms with Gasteiger partial charge in [0.15, 0.2) is 0 Å². The van der Waals surface area contributed by atoms with E-state index in [0.717, 1.165) is 50.1 Å². The fraction of sp³-hybridized carbons (Fsp3) is 0. The number of hydrogen-bond donors (Lipinski definition) is 0. The summed E-state index contributed by atoms with van der Waals surface area (Å²) in [5.41, 5.74) is 28.2. The number of furan rings is 1. The molecule has 660 valence electrons. The smallest absolute Gasteiger partial charge is 0.143 e. The van der Waals surface area contributed by atoms with E-state index in [1.165, 1.54) is 233 Å². The van der Waals surface area contributed by atoms with E-state index in [1.54, 1.807) is 0 Å². The van der Waals surface area contributed by atoms with Crippen LogP contribution in [0.3, 0.4) is 0 Å². The summed E-state index contributed by atoms with van der Waals surface area (Å²) in [7, 11) is 0. The Hall–Kier alpha value is -18.6. The van der Waals surface area contributed by atoms with Gasteiger partial charge in [-0.3, -0.25) is 0 Å². The number of aromatic nitrogens is 6.